The fourth-order valence-electron chi connectivity index (χ4n) is 3.46. The lowest BCUT2D eigenvalue weighted by molar-refractivity contribution is 0.0738. The zero-order valence-electron chi connectivity index (χ0n) is 15.4. The Hall–Kier alpha value is -2.71. The van der Waals surface area contributed by atoms with E-state index in [9.17, 15) is 17.6 Å². The van der Waals surface area contributed by atoms with Gasteiger partial charge in [0.05, 0.1) is 10.9 Å². The first-order valence-electron chi connectivity index (χ1n) is 9.17. The smallest absolute Gasteiger partial charge is 0.261 e. The Kier molecular flexibility index (Phi) is 5.38. The van der Waals surface area contributed by atoms with Gasteiger partial charge in [-0.3, -0.25) is 9.52 Å². The summed E-state index contributed by atoms with van der Waals surface area (Å²) in [6, 6.07) is 15.1. The van der Waals surface area contributed by atoms with Crippen LogP contribution in [0.15, 0.2) is 70.9 Å². The highest BCUT2D eigenvalue weighted by Crippen LogP contribution is 2.35. The molecule has 1 amide bonds. The number of sulfonamides is 1. The molecular formula is C21H19FN2O3S2. The van der Waals surface area contributed by atoms with E-state index in [1.165, 1.54) is 17.0 Å². The van der Waals surface area contributed by atoms with Crippen molar-refractivity contribution in [3.63, 3.8) is 0 Å². The van der Waals surface area contributed by atoms with Gasteiger partial charge in [-0.25, -0.2) is 12.8 Å². The highest BCUT2D eigenvalue weighted by molar-refractivity contribution is 7.92. The number of carbonyl (C=O) groups is 1. The molecular weight excluding hydrogens is 411 g/mol. The molecule has 8 heteroatoms. The van der Waals surface area contributed by atoms with Crippen molar-refractivity contribution >= 4 is 33.0 Å². The van der Waals surface area contributed by atoms with E-state index in [2.05, 4.69) is 4.72 Å². The minimum Gasteiger partial charge on any atom is -0.331 e. The lowest BCUT2D eigenvalue weighted by atomic mass is 10.1. The van der Waals surface area contributed by atoms with Gasteiger partial charge in [0, 0.05) is 22.7 Å². The molecule has 2 heterocycles. The molecule has 0 aliphatic carbocycles. The van der Waals surface area contributed by atoms with E-state index in [-0.39, 0.29) is 16.8 Å². The Morgan fingerprint density at radius 3 is 2.45 bits per heavy atom. The van der Waals surface area contributed by atoms with Crippen molar-refractivity contribution in [2.45, 2.75) is 23.8 Å². The zero-order chi connectivity index (χ0) is 20.4. The van der Waals surface area contributed by atoms with E-state index in [4.69, 9.17) is 0 Å². The molecule has 0 saturated carbocycles. The summed E-state index contributed by atoms with van der Waals surface area (Å²) in [5.41, 5.74) is 0.847. The third-order valence-corrected chi connectivity index (χ3v) is 7.26. The molecule has 1 aliphatic rings. The first-order valence-corrected chi connectivity index (χ1v) is 11.5. The van der Waals surface area contributed by atoms with Gasteiger partial charge in [-0.15, -0.1) is 11.3 Å². The highest BCUT2D eigenvalue weighted by Gasteiger charge is 2.31. The predicted octanol–water partition coefficient (Wildman–Crippen LogP) is 4.67. The number of likely N-dealkylation sites (tertiary alicyclic amines) is 1. The van der Waals surface area contributed by atoms with Crippen LogP contribution in [0.1, 0.15) is 34.1 Å². The Morgan fingerprint density at radius 1 is 1.07 bits per heavy atom. The van der Waals surface area contributed by atoms with Gasteiger partial charge < -0.3 is 4.90 Å². The van der Waals surface area contributed by atoms with Crippen molar-refractivity contribution in [3.8, 4) is 0 Å². The number of carbonyl (C=O) groups excluding carboxylic acids is 1. The van der Waals surface area contributed by atoms with Gasteiger partial charge in [-0.1, -0.05) is 6.07 Å². The molecule has 1 aromatic heterocycles. The number of anilines is 1. The van der Waals surface area contributed by atoms with E-state index >= 15 is 0 Å². The van der Waals surface area contributed by atoms with Crippen molar-refractivity contribution in [2.75, 3.05) is 11.3 Å². The SMILES string of the molecule is O=C(c1ccc(NS(=O)(=O)c2ccc(F)cc2)cc1)N1CCCC1c1cccs1. The summed E-state index contributed by atoms with van der Waals surface area (Å²) in [5.74, 6) is -0.566. The molecule has 0 radical (unpaired) electrons. The molecule has 1 N–H and O–H groups in total. The molecule has 1 unspecified atom stereocenters. The third-order valence-electron chi connectivity index (χ3n) is 4.89. The van der Waals surface area contributed by atoms with E-state index in [1.54, 1.807) is 35.6 Å². The minimum absolute atomic E-state index is 0.0325. The molecule has 1 saturated heterocycles. The maximum absolute atomic E-state index is 13.0. The molecule has 150 valence electrons. The quantitative estimate of drug-likeness (QED) is 0.640. The highest BCUT2D eigenvalue weighted by atomic mass is 32.2. The van der Waals surface area contributed by atoms with Gasteiger partial charge in [-0.05, 0) is 72.8 Å². The first kappa shape index (κ1) is 19.6. The summed E-state index contributed by atoms with van der Waals surface area (Å²) in [6.07, 6.45) is 1.91. The molecule has 3 aromatic rings. The monoisotopic (exact) mass is 430 g/mol. The zero-order valence-corrected chi connectivity index (χ0v) is 17.0. The molecule has 2 aromatic carbocycles. The summed E-state index contributed by atoms with van der Waals surface area (Å²) in [4.78, 5) is 16.0. The Labute approximate surface area is 172 Å². The van der Waals surface area contributed by atoms with Gasteiger partial charge in [0.1, 0.15) is 5.82 Å². The van der Waals surface area contributed by atoms with Crippen LogP contribution in [0.5, 0.6) is 0 Å². The van der Waals surface area contributed by atoms with Gasteiger partial charge >= 0.3 is 0 Å². The number of rotatable bonds is 5. The number of nitrogens with zero attached hydrogens (tertiary/aromatic N) is 1. The van der Waals surface area contributed by atoms with E-state index in [1.807, 2.05) is 22.4 Å². The number of hydrogen-bond acceptors (Lipinski definition) is 4. The number of nitrogens with one attached hydrogen (secondary N) is 1. The van der Waals surface area contributed by atoms with Crippen LogP contribution in [0.2, 0.25) is 0 Å². The molecule has 0 spiro atoms. The van der Waals surface area contributed by atoms with Crippen molar-refractivity contribution in [3.05, 3.63) is 82.3 Å². The number of halogens is 1. The summed E-state index contributed by atoms with van der Waals surface area (Å²) in [7, 11) is -3.83. The van der Waals surface area contributed by atoms with Gasteiger partial charge in [-0.2, -0.15) is 0 Å². The molecule has 29 heavy (non-hydrogen) atoms. The second kappa shape index (κ2) is 7.96. The van der Waals surface area contributed by atoms with Crippen molar-refractivity contribution in [1.82, 2.24) is 4.90 Å². The maximum Gasteiger partial charge on any atom is 0.261 e. The van der Waals surface area contributed by atoms with Crippen molar-refractivity contribution < 1.29 is 17.6 Å². The second-order valence-corrected chi connectivity index (χ2v) is 9.47. The fraction of sp³-hybridized carbons (Fsp3) is 0.190. The molecule has 1 atom stereocenters. The molecule has 1 fully saturated rings. The third kappa shape index (κ3) is 4.18. The van der Waals surface area contributed by atoms with Crippen molar-refractivity contribution in [1.29, 1.82) is 0 Å². The normalized spacial score (nSPS) is 16.7. The maximum atomic E-state index is 13.0. The summed E-state index contributed by atoms with van der Waals surface area (Å²) >= 11 is 1.65. The summed E-state index contributed by atoms with van der Waals surface area (Å²) < 4.78 is 40.3. The van der Waals surface area contributed by atoms with Crippen LogP contribution in [0, 0.1) is 5.82 Å². The van der Waals surface area contributed by atoms with Crippen LogP contribution in [-0.4, -0.2) is 25.8 Å². The van der Waals surface area contributed by atoms with Crippen molar-refractivity contribution in [2.24, 2.45) is 0 Å². The first-order chi connectivity index (χ1) is 13.9. The topological polar surface area (TPSA) is 66.5 Å². The standard InChI is InChI=1S/C21H19FN2O3S2/c22-16-7-11-18(12-8-16)29(26,27)23-17-9-5-15(6-10-17)21(25)24-13-1-3-19(24)20-4-2-14-28-20/h2,4-12,14,19,23H,1,3,13H2. The Morgan fingerprint density at radius 2 is 1.79 bits per heavy atom. The Balaban J connectivity index is 1.49. The molecule has 1 aliphatic heterocycles. The second-order valence-electron chi connectivity index (χ2n) is 6.81. The summed E-state index contributed by atoms with van der Waals surface area (Å²) in [5, 5.41) is 2.01. The Bertz CT molecular complexity index is 1100. The lowest BCUT2D eigenvalue weighted by Crippen LogP contribution is -2.30. The molecule has 5 nitrogen and oxygen atoms in total. The van der Waals surface area contributed by atoms with Crippen LogP contribution in [0.4, 0.5) is 10.1 Å². The van der Waals surface area contributed by atoms with Crippen LogP contribution in [-0.2, 0) is 10.0 Å². The van der Waals surface area contributed by atoms with E-state index in [0.717, 1.165) is 25.0 Å². The number of hydrogen-bond donors (Lipinski definition) is 1. The summed E-state index contributed by atoms with van der Waals surface area (Å²) in [6.45, 7) is 0.709. The van der Waals surface area contributed by atoms with Gasteiger partial charge in [0.15, 0.2) is 0 Å². The van der Waals surface area contributed by atoms with Crippen LogP contribution >= 0.6 is 11.3 Å². The minimum atomic E-state index is -3.83. The fourth-order valence-corrected chi connectivity index (χ4v) is 5.39. The predicted molar refractivity (Wildman–Crippen MR) is 111 cm³/mol. The molecule has 0 bridgehead atoms. The van der Waals surface area contributed by atoms with E-state index in [0.29, 0.717) is 17.8 Å². The number of benzene rings is 2. The molecule has 4 rings (SSSR count). The average Bonchev–Trinajstić information content (AvgIpc) is 3.39. The number of thiophene rings is 1. The van der Waals surface area contributed by atoms with Gasteiger partial charge in [0.25, 0.3) is 15.9 Å². The van der Waals surface area contributed by atoms with Crippen LogP contribution in [0.25, 0.3) is 0 Å². The van der Waals surface area contributed by atoms with Crippen LogP contribution < -0.4 is 4.72 Å². The van der Waals surface area contributed by atoms with Crippen LogP contribution in [0.3, 0.4) is 0 Å². The number of amides is 1. The van der Waals surface area contributed by atoms with E-state index < -0.39 is 15.8 Å². The lowest BCUT2D eigenvalue weighted by Gasteiger charge is -2.24. The average molecular weight is 431 g/mol. The van der Waals surface area contributed by atoms with Gasteiger partial charge in [0.2, 0.25) is 0 Å². The largest absolute Gasteiger partial charge is 0.331 e.